The van der Waals surface area contributed by atoms with Crippen LogP contribution >= 0.6 is 0 Å². The quantitative estimate of drug-likeness (QED) is 0.460. The smallest absolute Gasteiger partial charge is 0.329 e. The third-order valence-corrected chi connectivity index (χ3v) is 4.10. The number of nitrogens with zero attached hydrogens (tertiary/aromatic N) is 5. The van der Waals surface area contributed by atoms with Gasteiger partial charge < -0.3 is 14.7 Å². The van der Waals surface area contributed by atoms with E-state index in [0.717, 1.165) is 0 Å². The van der Waals surface area contributed by atoms with Crippen molar-refractivity contribution in [1.82, 2.24) is 24.1 Å². The molecule has 4 rings (SSSR count). The number of aromatic amines is 2. The molecule has 136 valence electrons. The normalized spacial score (nSPS) is 11.7. The average molecular weight is 367 g/mol. The lowest BCUT2D eigenvalue weighted by molar-refractivity contribution is -0.118. The number of fused-ring (bicyclic) bond motifs is 2. The maximum atomic E-state index is 12.2. The Labute approximate surface area is 149 Å². The lowest BCUT2D eigenvalue weighted by Crippen LogP contribution is -2.29. The number of para-hydroxylation sites is 1. The Morgan fingerprint density at radius 3 is 2.85 bits per heavy atom. The molecule has 0 saturated heterocycles. The molecule has 0 bridgehead atoms. The standard InChI is InChI=1S/C16H13N7O4/c1-22-13-12(15(26)19-16(22)27)23(7-17-13)6-10(24)20-21-11-8-4-2-3-5-9(8)18-14(11)25/h2-5,7,18,25H,6H2,1H3,(H,19,26,27). The molecule has 3 heterocycles. The molecule has 0 saturated carbocycles. The summed E-state index contributed by atoms with van der Waals surface area (Å²) in [7, 11) is 1.46. The maximum absolute atomic E-state index is 12.2. The number of imidazole rings is 1. The second kappa shape index (κ2) is 6.05. The molecule has 0 radical (unpaired) electrons. The van der Waals surface area contributed by atoms with E-state index in [0.29, 0.717) is 10.9 Å². The van der Waals surface area contributed by atoms with Crippen LogP contribution in [0, 0.1) is 0 Å². The first-order valence-corrected chi connectivity index (χ1v) is 7.84. The summed E-state index contributed by atoms with van der Waals surface area (Å²) in [6, 6.07) is 7.04. The predicted octanol–water partition coefficient (Wildman–Crippen LogP) is 0.921. The highest BCUT2D eigenvalue weighted by Crippen LogP contribution is 2.35. The van der Waals surface area contributed by atoms with E-state index in [-0.39, 0.29) is 29.3 Å². The molecule has 0 aliphatic heterocycles. The number of aromatic hydroxyl groups is 1. The van der Waals surface area contributed by atoms with Gasteiger partial charge in [-0.05, 0) is 6.07 Å². The third kappa shape index (κ3) is 2.70. The van der Waals surface area contributed by atoms with Crippen molar-refractivity contribution in [3.63, 3.8) is 0 Å². The Kier molecular flexibility index (Phi) is 3.69. The van der Waals surface area contributed by atoms with E-state index in [1.807, 2.05) is 0 Å². The minimum atomic E-state index is -0.660. The maximum Gasteiger partial charge on any atom is 0.329 e. The van der Waals surface area contributed by atoms with Crippen molar-refractivity contribution in [3.05, 3.63) is 51.4 Å². The van der Waals surface area contributed by atoms with E-state index in [1.165, 1.54) is 22.5 Å². The van der Waals surface area contributed by atoms with Gasteiger partial charge in [-0.1, -0.05) is 18.2 Å². The number of hydrogen-bond donors (Lipinski definition) is 3. The molecule has 0 spiro atoms. The first-order chi connectivity index (χ1) is 13.0. The van der Waals surface area contributed by atoms with Gasteiger partial charge in [0, 0.05) is 12.4 Å². The van der Waals surface area contributed by atoms with Gasteiger partial charge in [-0.2, -0.15) is 0 Å². The minimum Gasteiger partial charge on any atom is -0.493 e. The zero-order chi connectivity index (χ0) is 19.1. The topological polar surface area (TPSA) is 150 Å². The number of carbonyl (C=O) groups excluding carboxylic acids is 1. The zero-order valence-electron chi connectivity index (χ0n) is 14.0. The van der Waals surface area contributed by atoms with Crippen molar-refractivity contribution < 1.29 is 9.90 Å². The van der Waals surface area contributed by atoms with Crippen molar-refractivity contribution in [3.8, 4) is 5.88 Å². The zero-order valence-corrected chi connectivity index (χ0v) is 14.0. The minimum absolute atomic E-state index is 0.0793. The van der Waals surface area contributed by atoms with Crippen molar-refractivity contribution in [2.45, 2.75) is 6.54 Å². The van der Waals surface area contributed by atoms with Gasteiger partial charge in [-0.25, -0.2) is 9.78 Å². The number of amides is 1. The summed E-state index contributed by atoms with van der Waals surface area (Å²) < 4.78 is 2.45. The molecule has 1 aromatic carbocycles. The van der Waals surface area contributed by atoms with Crippen molar-refractivity contribution in [2.24, 2.45) is 17.3 Å². The van der Waals surface area contributed by atoms with Crippen LogP contribution in [0.5, 0.6) is 5.88 Å². The van der Waals surface area contributed by atoms with Crippen LogP contribution in [0.2, 0.25) is 0 Å². The number of rotatable bonds is 3. The predicted molar refractivity (Wildman–Crippen MR) is 95.1 cm³/mol. The fraction of sp³-hybridized carbons (Fsp3) is 0.125. The second-order valence-corrected chi connectivity index (χ2v) is 5.82. The molecule has 3 N–H and O–H groups in total. The van der Waals surface area contributed by atoms with E-state index in [2.05, 4.69) is 25.2 Å². The number of carbonyl (C=O) groups is 1. The largest absolute Gasteiger partial charge is 0.493 e. The summed E-state index contributed by atoms with van der Waals surface area (Å²) in [6.45, 7) is -0.301. The monoisotopic (exact) mass is 367 g/mol. The molecule has 0 atom stereocenters. The molecule has 11 heteroatoms. The molecule has 1 amide bonds. The highest BCUT2D eigenvalue weighted by atomic mass is 16.3. The van der Waals surface area contributed by atoms with Crippen LogP contribution in [0.15, 0.2) is 50.4 Å². The SMILES string of the molecule is Cn1c(=O)[nH]c(=O)c2c1ncn2CC(=O)N=Nc1c(O)[nH]c2ccccc12. The first-order valence-electron chi connectivity index (χ1n) is 7.84. The van der Waals surface area contributed by atoms with Crippen LogP contribution < -0.4 is 11.2 Å². The number of aryl methyl sites for hydroxylation is 1. The van der Waals surface area contributed by atoms with Crippen LogP contribution in [0.4, 0.5) is 5.69 Å². The lowest BCUT2D eigenvalue weighted by Gasteiger charge is -2.01. The summed E-state index contributed by atoms with van der Waals surface area (Å²) in [5.74, 6) is -0.862. The number of benzene rings is 1. The summed E-state index contributed by atoms with van der Waals surface area (Å²) in [5, 5.41) is 18.0. The summed E-state index contributed by atoms with van der Waals surface area (Å²) in [6.07, 6.45) is 1.27. The lowest BCUT2D eigenvalue weighted by atomic mass is 10.2. The van der Waals surface area contributed by atoms with Crippen molar-refractivity contribution in [1.29, 1.82) is 0 Å². The molecule has 0 aliphatic rings. The first kappa shape index (κ1) is 16.4. The molecule has 0 unspecified atom stereocenters. The molecule has 4 aromatic rings. The van der Waals surface area contributed by atoms with E-state index in [1.54, 1.807) is 24.3 Å². The molecule has 0 aliphatic carbocycles. The van der Waals surface area contributed by atoms with E-state index < -0.39 is 17.2 Å². The van der Waals surface area contributed by atoms with Crippen molar-refractivity contribution >= 4 is 33.7 Å². The Hall–Kier alpha value is -4.02. The van der Waals surface area contributed by atoms with Gasteiger partial charge in [-0.3, -0.25) is 19.1 Å². The molecule has 11 nitrogen and oxygen atoms in total. The molecule has 27 heavy (non-hydrogen) atoms. The van der Waals surface area contributed by atoms with Gasteiger partial charge in [0.15, 0.2) is 16.9 Å². The number of H-pyrrole nitrogens is 2. The van der Waals surface area contributed by atoms with Crippen LogP contribution in [-0.2, 0) is 18.4 Å². The van der Waals surface area contributed by atoms with Gasteiger partial charge in [0.1, 0.15) is 6.54 Å². The number of azo groups is 1. The van der Waals surface area contributed by atoms with Gasteiger partial charge in [0.25, 0.3) is 11.5 Å². The highest BCUT2D eigenvalue weighted by molar-refractivity contribution is 5.94. The van der Waals surface area contributed by atoms with Crippen LogP contribution in [0.3, 0.4) is 0 Å². The molecular formula is C16H13N7O4. The Morgan fingerprint density at radius 1 is 1.26 bits per heavy atom. The average Bonchev–Trinajstić information content (AvgIpc) is 3.19. The number of hydrogen-bond acceptors (Lipinski definition) is 6. The van der Waals surface area contributed by atoms with E-state index >= 15 is 0 Å². The van der Waals surface area contributed by atoms with Gasteiger partial charge >= 0.3 is 5.69 Å². The van der Waals surface area contributed by atoms with E-state index in [4.69, 9.17) is 0 Å². The summed E-state index contributed by atoms with van der Waals surface area (Å²) in [4.78, 5) is 44.7. The van der Waals surface area contributed by atoms with Crippen LogP contribution in [0.25, 0.3) is 22.1 Å². The van der Waals surface area contributed by atoms with E-state index in [9.17, 15) is 19.5 Å². The number of aromatic nitrogens is 5. The van der Waals surface area contributed by atoms with Gasteiger partial charge in [0.2, 0.25) is 5.88 Å². The fourth-order valence-electron chi connectivity index (χ4n) is 2.80. The Bertz CT molecular complexity index is 1340. The van der Waals surface area contributed by atoms with Gasteiger partial charge in [0.05, 0.1) is 11.8 Å². The molecular weight excluding hydrogens is 354 g/mol. The highest BCUT2D eigenvalue weighted by Gasteiger charge is 2.14. The Balaban J connectivity index is 1.65. The third-order valence-electron chi connectivity index (χ3n) is 4.10. The second-order valence-electron chi connectivity index (χ2n) is 5.82. The van der Waals surface area contributed by atoms with Gasteiger partial charge in [-0.15, -0.1) is 10.2 Å². The summed E-state index contributed by atoms with van der Waals surface area (Å²) in [5.41, 5.74) is -0.208. The fourth-order valence-corrected chi connectivity index (χ4v) is 2.80. The van der Waals surface area contributed by atoms with Crippen molar-refractivity contribution in [2.75, 3.05) is 0 Å². The van der Waals surface area contributed by atoms with Crippen LogP contribution in [0.1, 0.15) is 0 Å². The van der Waals surface area contributed by atoms with Crippen LogP contribution in [-0.4, -0.2) is 35.1 Å². The molecule has 0 fully saturated rings. The Morgan fingerprint density at radius 2 is 2.04 bits per heavy atom. The number of nitrogens with one attached hydrogen (secondary N) is 2. The summed E-state index contributed by atoms with van der Waals surface area (Å²) >= 11 is 0. The molecule has 3 aromatic heterocycles.